The smallest absolute Gasteiger partial charge is 0.306 e. The average molecular weight is 603 g/mol. The normalized spacial score (nSPS) is 9.19. The van der Waals surface area contributed by atoms with Crippen molar-refractivity contribution in [3.63, 3.8) is 0 Å². The van der Waals surface area contributed by atoms with Gasteiger partial charge in [0.2, 0.25) is 0 Å². The van der Waals surface area contributed by atoms with Gasteiger partial charge in [0, 0.05) is 34.2 Å². The Bertz CT molecular complexity index is 1370. The molecule has 0 fully saturated rings. The van der Waals surface area contributed by atoms with Crippen LogP contribution in [0.2, 0.25) is 0 Å². The molecule has 2 aromatic carbocycles. The number of ether oxygens (including phenoxy) is 2. The predicted molar refractivity (Wildman–Crippen MR) is 163 cm³/mol. The highest BCUT2D eigenvalue weighted by Crippen LogP contribution is 2.30. The van der Waals surface area contributed by atoms with E-state index in [0.717, 1.165) is 21.7 Å². The zero-order chi connectivity index (χ0) is 32.1. The minimum atomic E-state index is -0.522. The molecule has 12 heteroatoms. The van der Waals surface area contributed by atoms with Crippen LogP contribution in [0.4, 0.5) is 20.2 Å². The van der Waals surface area contributed by atoms with Gasteiger partial charge in [-0.25, -0.2) is 8.78 Å². The van der Waals surface area contributed by atoms with E-state index in [-0.39, 0.29) is 23.2 Å². The number of nitrogens with zero attached hydrogens (tertiary/aromatic N) is 1. The second-order valence-corrected chi connectivity index (χ2v) is 8.79. The summed E-state index contributed by atoms with van der Waals surface area (Å²) in [6, 6.07) is 14.5. The second kappa shape index (κ2) is 21.1. The number of anilines is 2. The fourth-order valence-corrected chi connectivity index (χ4v) is 3.99. The number of aromatic nitrogens is 1. The molecule has 4 rings (SSSR count). The summed E-state index contributed by atoms with van der Waals surface area (Å²) in [7, 11) is 1.50. The zero-order valence-corrected chi connectivity index (χ0v) is 24.6. The number of rotatable bonds is 7. The molecule has 6 N–H and O–H groups in total. The first-order valence-corrected chi connectivity index (χ1v) is 13.2. The summed E-state index contributed by atoms with van der Waals surface area (Å²) >= 11 is 1.57. The Balaban J connectivity index is 0.000000935. The summed E-state index contributed by atoms with van der Waals surface area (Å²) < 4.78 is 36.6. The Morgan fingerprint density at radius 3 is 2.17 bits per heavy atom. The SMILES string of the molecule is C=O.C=O.CCOC(=O)CCc1cc(-c2cc(Oc3ccc(N)c(F)c3)ccn2)cs1.CN.Cc1ccc(F)c(N)c1. The van der Waals surface area contributed by atoms with E-state index < -0.39 is 5.82 Å². The van der Waals surface area contributed by atoms with E-state index in [1.807, 2.05) is 31.9 Å². The van der Waals surface area contributed by atoms with Crippen molar-refractivity contribution < 1.29 is 32.6 Å². The molecule has 0 saturated heterocycles. The lowest BCUT2D eigenvalue weighted by Gasteiger charge is -2.07. The number of esters is 1. The van der Waals surface area contributed by atoms with Gasteiger partial charge in [-0.2, -0.15) is 0 Å². The maximum Gasteiger partial charge on any atom is 0.306 e. The van der Waals surface area contributed by atoms with Crippen molar-refractivity contribution in [2.45, 2.75) is 26.7 Å². The lowest BCUT2D eigenvalue weighted by molar-refractivity contribution is -0.143. The van der Waals surface area contributed by atoms with Gasteiger partial charge in [-0.15, -0.1) is 11.3 Å². The van der Waals surface area contributed by atoms with Gasteiger partial charge in [0.25, 0.3) is 0 Å². The number of carbonyl (C=O) groups is 3. The Hall–Kier alpha value is -4.68. The first-order valence-electron chi connectivity index (χ1n) is 12.3. The molecule has 0 radical (unpaired) electrons. The molecular formula is C30H36F2N4O5S. The Morgan fingerprint density at radius 2 is 1.57 bits per heavy atom. The summed E-state index contributed by atoms with van der Waals surface area (Å²) in [6.45, 7) is 8.06. The van der Waals surface area contributed by atoms with E-state index in [9.17, 15) is 13.6 Å². The third kappa shape index (κ3) is 13.1. The minimum Gasteiger partial charge on any atom is -0.466 e. The van der Waals surface area contributed by atoms with Gasteiger partial charge in [0.1, 0.15) is 36.7 Å². The van der Waals surface area contributed by atoms with Gasteiger partial charge in [-0.1, -0.05) is 6.07 Å². The Labute approximate surface area is 248 Å². The van der Waals surface area contributed by atoms with Crippen molar-refractivity contribution >= 4 is 42.3 Å². The summed E-state index contributed by atoms with van der Waals surface area (Å²) in [5.74, 6) is -0.161. The van der Waals surface area contributed by atoms with Crippen LogP contribution in [0.5, 0.6) is 11.5 Å². The molecule has 0 aliphatic heterocycles. The number of thiophene rings is 1. The third-order valence-electron chi connectivity index (χ3n) is 4.92. The minimum absolute atomic E-state index is 0.0754. The van der Waals surface area contributed by atoms with E-state index in [4.69, 9.17) is 30.5 Å². The Morgan fingerprint density at radius 1 is 0.905 bits per heavy atom. The second-order valence-electron chi connectivity index (χ2n) is 7.79. The van der Waals surface area contributed by atoms with Crippen LogP contribution >= 0.6 is 11.3 Å². The topological polar surface area (TPSA) is 161 Å². The molecule has 0 amide bonds. The molecule has 9 nitrogen and oxygen atoms in total. The van der Waals surface area contributed by atoms with E-state index >= 15 is 0 Å². The van der Waals surface area contributed by atoms with Crippen molar-refractivity contribution in [2.24, 2.45) is 5.73 Å². The van der Waals surface area contributed by atoms with E-state index in [2.05, 4.69) is 10.7 Å². The van der Waals surface area contributed by atoms with Crippen LogP contribution in [0.25, 0.3) is 11.3 Å². The number of halogens is 2. The standard InChI is InChI=1S/C20H19FN2O3S.C7H8FN.CH5N.2CH2O/c1-2-25-20(24)6-4-16-9-13(12-27-16)19-11-15(7-8-23-19)26-14-3-5-18(22)17(21)10-14;1-5-2-3-6(8)7(9)4-5;3*1-2/h3,5,7-12H,2,4,6,22H2,1H3;2-4H,9H2,1H3;2H2,1H3;2*1H2. The van der Waals surface area contributed by atoms with Crippen LogP contribution in [0.3, 0.4) is 0 Å². The molecule has 0 atom stereocenters. The van der Waals surface area contributed by atoms with E-state index in [1.165, 1.54) is 25.2 Å². The number of nitrogens with two attached hydrogens (primary N) is 3. The van der Waals surface area contributed by atoms with Crippen LogP contribution in [-0.4, -0.2) is 38.2 Å². The van der Waals surface area contributed by atoms with Crippen LogP contribution in [0.15, 0.2) is 66.2 Å². The lowest BCUT2D eigenvalue weighted by atomic mass is 10.2. The van der Waals surface area contributed by atoms with Crippen LogP contribution in [0, 0.1) is 18.6 Å². The van der Waals surface area contributed by atoms with Gasteiger partial charge in [-0.3, -0.25) is 9.78 Å². The third-order valence-corrected chi connectivity index (χ3v) is 5.92. The molecule has 42 heavy (non-hydrogen) atoms. The van der Waals surface area contributed by atoms with Crippen LogP contribution < -0.4 is 21.9 Å². The molecule has 4 aromatic rings. The zero-order valence-electron chi connectivity index (χ0n) is 23.8. The first kappa shape index (κ1) is 37.3. The number of nitrogen functional groups attached to an aromatic ring is 2. The maximum atomic E-state index is 13.6. The molecule has 0 saturated carbocycles. The van der Waals surface area contributed by atoms with Gasteiger partial charge in [-0.05, 0) is 69.3 Å². The molecule has 2 heterocycles. The Kier molecular flexibility index (Phi) is 18.8. The summed E-state index contributed by atoms with van der Waals surface area (Å²) in [4.78, 5) is 32.9. The van der Waals surface area contributed by atoms with Gasteiger partial charge >= 0.3 is 5.97 Å². The summed E-state index contributed by atoms with van der Waals surface area (Å²) in [6.07, 6.45) is 2.62. The number of pyridine rings is 1. The number of aryl methyl sites for hydroxylation is 2. The highest BCUT2D eigenvalue weighted by atomic mass is 32.1. The molecule has 0 aliphatic carbocycles. The first-order chi connectivity index (χ1) is 20.2. The monoisotopic (exact) mass is 602 g/mol. The molecule has 0 bridgehead atoms. The molecular weight excluding hydrogens is 566 g/mol. The van der Waals surface area contributed by atoms with Crippen molar-refractivity contribution in [3.05, 3.63) is 88.2 Å². The molecule has 0 spiro atoms. The summed E-state index contributed by atoms with van der Waals surface area (Å²) in [5, 5.41) is 1.98. The van der Waals surface area contributed by atoms with Crippen molar-refractivity contribution in [1.29, 1.82) is 0 Å². The lowest BCUT2D eigenvalue weighted by Crippen LogP contribution is -2.04. The van der Waals surface area contributed by atoms with Crippen molar-refractivity contribution in [3.8, 4) is 22.8 Å². The molecule has 0 unspecified atom stereocenters. The van der Waals surface area contributed by atoms with Gasteiger partial charge in [0.15, 0.2) is 0 Å². The molecule has 226 valence electrons. The van der Waals surface area contributed by atoms with E-state index in [1.54, 1.807) is 54.8 Å². The fraction of sp³-hybridized carbons (Fsp3) is 0.200. The quantitative estimate of drug-likeness (QED) is 0.177. The molecule has 0 aliphatic rings. The molecule has 2 aromatic heterocycles. The maximum absolute atomic E-state index is 13.6. The van der Waals surface area contributed by atoms with Gasteiger partial charge in [0.05, 0.1) is 30.1 Å². The summed E-state index contributed by atoms with van der Waals surface area (Å²) in [5.41, 5.74) is 18.2. The average Bonchev–Trinajstić information content (AvgIpc) is 3.49. The predicted octanol–water partition coefficient (Wildman–Crippen LogP) is 5.74. The number of benzene rings is 2. The fourth-order valence-electron chi connectivity index (χ4n) is 3.11. The van der Waals surface area contributed by atoms with E-state index in [0.29, 0.717) is 30.9 Å². The number of hydrogen-bond donors (Lipinski definition) is 3. The highest BCUT2D eigenvalue weighted by molar-refractivity contribution is 7.10. The van der Waals surface area contributed by atoms with Crippen molar-refractivity contribution in [2.75, 3.05) is 25.1 Å². The van der Waals surface area contributed by atoms with Crippen LogP contribution in [-0.2, 0) is 25.5 Å². The van der Waals surface area contributed by atoms with Crippen LogP contribution in [0.1, 0.15) is 23.8 Å². The van der Waals surface area contributed by atoms with Gasteiger partial charge < -0.3 is 36.3 Å². The number of carbonyl (C=O) groups excluding carboxylic acids is 3. The van der Waals surface area contributed by atoms with Crippen molar-refractivity contribution in [1.82, 2.24) is 4.98 Å². The number of hydrogen-bond acceptors (Lipinski definition) is 10. The largest absolute Gasteiger partial charge is 0.466 e. The highest BCUT2D eigenvalue weighted by Gasteiger charge is 2.09.